The lowest BCUT2D eigenvalue weighted by atomic mass is 10.1. The number of ether oxygens (including phenoxy) is 1. The van der Waals surface area contributed by atoms with Crippen molar-refractivity contribution < 1.29 is 13.2 Å². The van der Waals surface area contributed by atoms with E-state index in [2.05, 4.69) is 4.72 Å². The molecular formula is C15H16ClNO3S. The van der Waals surface area contributed by atoms with Gasteiger partial charge in [-0.2, -0.15) is 0 Å². The van der Waals surface area contributed by atoms with Crippen molar-refractivity contribution in [2.75, 3.05) is 7.11 Å². The van der Waals surface area contributed by atoms with Gasteiger partial charge < -0.3 is 4.74 Å². The van der Waals surface area contributed by atoms with Crippen LogP contribution in [0.3, 0.4) is 0 Å². The normalized spacial score (nSPS) is 12.9. The zero-order valence-electron chi connectivity index (χ0n) is 11.7. The summed E-state index contributed by atoms with van der Waals surface area (Å²) in [6, 6.07) is 13.2. The first-order valence-corrected chi connectivity index (χ1v) is 8.21. The molecule has 0 heterocycles. The fourth-order valence-corrected chi connectivity index (χ4v) is 3.67. The highest BCUT2D eigenvalue weighted by Crippen LogP contribution is 2.23. The van der Waals surface area contributed by atoms with Crippen molar-refractivity contribution in [2.45, 2.75) is 17.9 Å². The molecule has 2 aromatic carbocycles. The number of benzene rings is 2. The van der Waals surface area contributed by atoms with Crippen molar-refractivity contribution in [3.05, 3.63) is 59.1 Å². The van der Waals surface area contributed by atoms with Crippen LogP contribution in [0.15, 0.2) is 53.4 Å². The van der Waals surface area contributed by atoms with E-state index < -0.39 is 10.0 Å². The Bertz CT molecular complexity index is 714. The van der Waals surface area contributed by atoms with Crippen LogP contribution < -0.4 is 9.46 Å². The highest BCUT2D eigenvalue weighted by molar-refractivity contribution is 7.89. The molecule has 1 atom stereocenters. The molecule has 0 radical (unpaired) electrons. The summed E-state index contributed by atoms with van der Waals surface area (Å²) in [4.78, 5) is 0.0760. The lowest BCUT2D eigenvalue weighted by Gasteiger charge is -2.15. The van der Waals surface area contributed by atoms with E-state index in [-0.39, 0.29) is 16.0 Å². The molecule has 2 aromatic rings. The second-order valence-corrected chi connectivity index (χ2v) is 6.64. The summed E-state index contributed by atoms with van der Waals surface area (Å²) in [6.45, 7) is 1.77. The summed E-state index contributed by atoms with van der Waals surface area (Å²) in [5, 5.41) is 0.201. The maximum Gasteiger partial charge on any atom is 0.242 e. The standard InChI is InChI=1S/C15H16ClNO3S/c1-11(12-7-9-13(20-2)10-8-12)17-21(18,19)15-6-4-3-5-14(15)16/h3-11,17H,1-2H3. The number of hydrogen-bond donors (Lipinski definition) is 1. The van der Waals surface area contributed by atoms with E-state index in [9.17, 15) is 8.42 Å². The summed E-state index contributed by atoms with van der Waals surface area (Å²) in [7, 11) is -2.09. The van der Waals surface area contributed by atoms with Crippen molar-refractivity contribution >= 4 is 21.6 Å². The molecule has 0 spiro atoms. The summed E-state index contributed by atoms with van der Waals surface area (Å²) in [5.41, 5.74) is 0.839. The minimum atomic E-state index is -3.67. The quantitative estimate of drug-likeness (QED) is 0.916. The Hall–Kier alpha value is -1.56. The molecule has 0 saturated carbocycles. The van der Waals surface area contributed by atoms with Crippen molar-refractivity contribution in [1.82, 2.24) is 4.72 Å². The molecule has 0 bridgehead atoms. The smallest absolute Gasteiger partial charge is 0.242 e. The van der Waals surface area contributed by atoms with Gasteiger partial charge in [0, 0.05) is 6.04 Å². The van der Waals surface area contributed by atoms with Crippen molar-refractivity contribution in [3.8, 4) is 5.75 Å². The van der Waals surface area contributed by atoms with Gasteiger partial charge in [0.25, 0.3) is 0 Å². The molecule has 21 heavy (non-hydrogen) atoms. The summed E-state index contributed by atoms with van der Waals surface area (Å²) < 4.78 is 32.4. The van der Waals surface area contributed by atoms with Crippen LogP contribution in [0, 0.1) is 0 Å². The van der Waals surface area contributed by atoms with E-state index in [1.54, 1.807) is 44.4 Å². The lowest BCUT2D eigenvalue weighted by molar-refractivity contribution is 0.414. The van der Waals surface area contributed by atoms with Crippen LogP contribution >= 0.6 is 11.6 Å². The minimum absolute atomic E-state index is 0.0760. The number of methoxy groups -OCH3 is 1. The Morgan fingerprint density at radius 2 is 1.71 bits per heavy atom. The van der Waals surface area contributed by atoms with Gasteiger partial charge in [-0.15, -0.1) is 0 Å². The average Bonchev–Trinajstić information content (AvgIpc) is 2.47. The van der Waals surface area contributed by atoms with Gasteiger partial charge in [0.05, 0.1) is 12.1 Å². The Morgan fingerprint density at radius 3 is 2.29 bits per heavy atom. The molecule has 112 valence electrons. The minimum Gasteiger partial charge on any atom is -0.497 e. The molecule has 1 unspecified atom stereocenters. The second-order valence-electron chi connectivity index (χ2n) is 4.55. The third-order valence-corrected chi connectivity index (χ3v) is 5.11. The molecule has 0 aromatic heterocycles. The Morgan fingerprint density at radius 1 is 1.10 bits per heavy atom. The molecule has 0 aliphatic rings. The molecule has 0 saturated heterocycles. The number of sulfonamides is 1. The second kappa shape index (κ2) is 6.47. The average molecular weight is 326 g/mol. The first kappa shape index (κ1) is 15.8. The molecule has 6 heteroatoms. The largest absolute Gasteiger partial charge is 0.497 e. The SMILES string of the molecule is COc1ccc(C(C)NS(=O)(=O)c2ccccc2Cl)cc1. The van der Waals surface area contributed by atoms with E-state index in [0.717, 1.165) is 11.3 Å². The van der Waals surface area contributed by atoms with Gasteiger partial charge in [-0.25, -0.2) is 13.1 Å². The molecular weight excluding hydrogens is 310 g/mol. The van der Waals surface area contributed by atoms with Crippen LogP contribution in [0.4, 0.5) is 0 Å². The highest BCUT2D eigenvalue weighted by Gasteiger charge is 2.20. The molecule has 2 rings (SSSR count). The summed E-state index contributed by atoms with van der Waals surface area (Å²) in [5.74, 6) is 0.722. The molecule has 0 amide bonds. The fraction of sp³-hybridized carbons (Fsp3) is 0.200. The monoisotopic (exact) mass is 325 g/mol. The topological polar surface area (TPSA) is 55.4 Å². The van der Waals surface area contributed by atoms with E-state index >= 15 is 0 Å². The number of rotatable bonds is 5. The van der Waals surface area contributed by atoms with Crippen LogP contribution in [0.2, 0.25) is 5.02 Å². The molecule has 0 fully saturated rings. The van der Waals surface area contributed by atoms with Crippen LogP contribution in [0.1, 0.15) is 18.5 Å². The maximum absolute atomic E-state index is 12.3. The van der Waals surface area contributed by atoms with Crippen LogP contribution in [0.25, 0.3) is 0 Å². The summed E-state index contributed by atoms with van der Waals surface area (Å²) >= 11 is 5.94. The predicted molar refractivity (Wildman–Crippen MR) is 83.2 cm³/mol. The molecule has 0 aliphatic carbocycles. The number of nitrogens with one attached hydrogen (secondary N) is 1. The Balaban J connectivity index is 2.21. The van der Waals surface area contributed by atoms with Crippen molar-refractivity contribution in [1.29, 1.82) is 0 Å². The zero-order valence-corrected chi connectivity index (χ0v) is 13.3. The Kier molecular flexibility index (Phi) is 4.88. The van der Waals surface area contributed by atoms with Gasteiger partial charge in [-0.3, -0.25) is 0 Å². The number of halogens is 1. The van der Waals surface area contributed by atoms with Crippen LogP contribution in [0.5, 0.6) is 5.75 Å². The van der Waals surface area contributed by atoms with Gasteiger partial charge in [0.1, 0.15) is 10.6 Å². The van der Waals surface area contributed by atoms with E-state index in [0.29, 0.717) is 0 Å². The van der Waals surface area contributed by atoms with E-state index in [1.165, 1.54) is 6.07 Å². The van der Waals surface area contributed by atoms with Crippen molar-refractivity contribution in [2.24, 2.45) is 0 Å². The maximum atomic E-state index is 12.3. The van der Waals surface area contributed by atoms with Gasteiger partial charge in [0.2, 0.25) is 10.0 Å². The van der Waals surface area contributed by atoms with Gasteiger partial charge >= 0.3 is 0 Å². The first-order chi connectivity index (χ1) is 9.94. The third kappa shape index (κ3) is 3.75. The van der Waals surface area contributed by atoms with Gasteiger partial charge in [0.15, 0.2) is 0 Å². The number of hydrogen-bond acceptors (Lipinski definition) is 3. The van der Waals surface area contributed by atoms with E-state index in [1.807, 2.05) is 12.1 Å². The van der Waals surface area contributed by atoms with Crippen molar-refractivity contribution in [3.63, 3.8) is 0 Å². The zero-order chi connectivity index (χ0) is 15.5. The van der Waals surface area contributed by atoms with Crippen LogP contribution in [-0.4, -0.2) is 15.5 Å². The summed E-state index contributed by atoms with van der Waals surface area (Å²) in [6.07, 6.45) is 0. The molecule has 0 aliphatic heterocycles. The molecule has 1 N–H and O–H groups in total. The molecule has 4 nitrogen and oxygen atoms in total. The van der Waals surface area contributed by atoms with Crippen LogP contribution in [-0.2, 0) is 10.0 Å². The predicted octanol–water partition coefficient (Wildman–Crippen LogP) is 3.39. The van der Waals surface area contributed by atoms with Gasteiger partial charge in [-0.1, -0.05) is 35.9 Å². The first-order valence-electron chi connectivity index (χ1n) is 6.35. The fourth-order valence-electron chi connectivity index (χ4n) is 1.92. The lowest BCUT2D eigenvalue weighted by Crippen LogP contribution is -2.27. The van der Waals surface area contributed by atoms with E-state index in [4.69, 9.17) is 16.3 Å². The highest BCUT2D eigenvalue weighted by atomic mass is 35.5. The Labute approximate surface area is 129 Å². The third-order valence-electron chi connectivity index (χ3n) is 3.07. The van der Waals surface area contributed by atoms with Gasteiger partial charge in [-0.05, 0) is 36.8 Å².